The number of nitrogens with two attached hydrogens (primary N) is 1. The van der Waals surface area contributed by atoms with E-state index in [0.717, 1.165) is 11.1 Å². The van der Waals surface area contributed by atoms with Crippen molar-refractivity contribution in [3.8, 4) is 17.2 Å². The topological polar surface area (TPSA) is 99.9 Å². The number of hydrogen-bond donors (Lipinski definition) is 2. The van der Waals surface area contributed by atoms with Gasteiger partial charge in [0.25, 0.3) is 11.8 Å². The summed E-state index contributed by atoms with van der Waals surface area (Å²) in [6.45, 7) is 2.66. The molecule has 0 radical (unpaired) electrons. The first-order valence-electron chi connectivity index (χ1n) is 9.82. The molecule has 0 bridgehead atoms. The van der Waals surface area contributed by atoms with Crippen LogP contribution in [0.15, 0.2) is 30.3 Å². The third-order valence-electron chi connectivity index (χ3n) is 5.79. The monoisotopic (exact) mass is 412 g/mol. The fraction of sp³-hybridized carbons (Fsp3) is 0.364. The van der Waals surface area contributed by atoms with Gasteiger partial charge in [0.1, 0.15) is 0 Å². The van der Waals surface area contributed by atoms with E-state index in [0.29, 0.717) is 41.5 Å². The fourth-order valence-corrected chi connectivity index (χ4v) is 4.48. The maximum Gasteiger partial charge on any atom is 0.287 e. The fourth-order valence-electron chi connectivity index (χ4n) is 4.48. The number of quaternary nitrogens is 1. The zero-order chi connectivity index (χ0) is 21.5. The van der Waals surface area contributed by atoms with Gasteiger partial charge in [0, 0.05) is 12.1 Å². The van der Waals surface area contributed by atoms with Crippen LogP contribution in [0.4, 0.5) is 5.69 Å². The zero-order valence-electron chi connectivity index (χ0n) is 17.4. The van der Waals surface area contributed by atoms with Crippen molar-refractivity contribution in [2.75, 3.05) is 39.4 Å². The van der Waals surface area contributed by atoms with E-state index in [1.54, 1.807) is 7.11 Å². The standard InChI is InChI=1S/C22H25N3O5/c1-13-5-4-6-15(9-13)24-22(27)19-18-14(7-8-25(19,2)11-17(23)26)10-16-20(21(18)28-3)30-12-29-16/h4-6,9-10,19H,7-8,11-12H2,1-3H3,(H2-,23,24,26,27)/p+1/t19-,25?/m0/s1. The molecule has 2 aromatic carbocycles. The Hall–Kier alpha value is -3.26. The van der Waals surface area contributed by atoms with Gasteiger partial charge in [0.2, 0.25) is 12.5 Å². The van der Waals surface area contributed by atoms with Crippen LogP contribution < -0.4 is 25.3 Å². The smallest absolute Gasteiger partial charge is 0.287 e. The first-order valence-corrected chi connectivity index (χ1v) is 9.82. The number of amides is 2. The van der Waals surface area contributed by atoms with Crippen molar-refractivity contribution in [2.24, 2.45) is 5.73 Å². The molecule has 2 amide bonds. The van der Waals surface area contributed by atoms with Crippen LogP contribution in [0.3, 0.4) is 0 Å². The van der Waals surface area contributed by atoms with Gasteiger partial charge >= 0.3 is 0 Å². The van der Waals surface area contributed by atoms with Crippen molar-refractivity contribution in [1.82, 2.24) is 0 Å². The van der Waals surface area contributed by atoms with Crippen molar-refractivity contribution in [3.05, 3.63) is 47.0 Å². The summed E-state index contributed by atoms with van der Waals surface area (Å²) in [7, 11) is 3.42. The number of methoxy groups -OCH3 is 1. The van der Waals surface area contributed by atoms with Crippen molar-refractivity contribution in [2.45, 2.75) is 19.4 Å². The number of benzene rings is 2. The predicted molar refractivity (Wildman–Crippen MR) is 110 cm³/mol. The van der Waals surface area contributed by atoms with Gasteiger partial charge in [0.05, 0.1) is 26.3 Å². The molecule has 2 aliphatic rings. The molecule has 3 N–H and O–H groups in total. The molecule has 30 heavy (non-hydrogen) atoms. The van der Waals surface area contributed by atoms with Crippen molar-refractivity contribution in [3.63, 3.8) is 0 Å². The summed E-state index contributed by atoms with van der Waals surface area (Å²) in [6, 6.07) is 8.78. The number of hydrogen-bond acceptors (Lipinski definition) is 5. The number of carbonyl (C=O) groups excluding carboxylic acids is 2. The molecule has 4 rings (SSSR count). The molecule has 8 heteroatoms. The van der Waals surface area contributed by atoms with Crippen LogP contribution in [0.2, 0.25) is 0 Å². The molecule has 2 atom stereocenters. The van der Waals surface area contributed by atoms with Crippen LogP contribution in [-0.2, 0) is 16.0 Å². The molecule has 0 aromatic heterocycles. The van der Waals surface area contributed by atoms with Crippen LogP contribution in [0.25, 0.3) is 0 Å². The first kappa shape index (κ1) is 20.0. The third kappa shape index (κ3) is 3.43. The number of primary amides is 1. The first-order chi connectivity index (χ1) is 14.3. The number of ether oxygens (including phenoxy) is 3. The summed E-state index contributed by atoms with van der Waals surface area (Å²) in [5.41, 5.74) is 8.94. The largest absolute Gasteiger partial charge is 0.492 e. The highest BCUT2D eigenvalue weighted by Gasteiger charge is 2.48. The van der Waals surface area contributed by atoms with Gasteiger partial charge in [0.15, 0.2) is 24.1 Å². The van der Waals surface area contributed by atoms with Gasteiger partial charge in [-0.1, -0.05) is 12.1 Å². The van der Waals surface area contributed by atoms with Crippen molar-refractivity contribution >= 4 is 17.5 Å². The lowest BCUT2D eigenvalue weighted by molar-refractivity contribution is -0.924. The highest BCUT2D eigenvalue weighted by molar-refractivity contribution is 5.96. The number of nitrogens with zero attached hydrogens (tertiary/aromatic N) is 1. The zero-order valence-corrected chi connectivity index (χ0v) is 17.4. The number of carbonyl (C=O) groups is 2. The predicted octanol–water partition coefficient (Wildman–Crippen LogP) is 1.90. The average Bonchev–Trinajstić information content (AvgIpc) is 3.13. The summed E-state index contributed by atoms with van der Waals surface area (Å²) in [6.07, 6.45) is 0.653. The molecule has 2 heterocycles. The minimum absolute atomic E-state index is 0.0307. The van der Waals surface area contributed by atoms with E-state index in [4.69, 9.17) is 19.9 Å². The molecular formula is C22H26N3O5+. The highest BCUT2D eigenvalue weighted by Crippen LogP contribution is 2.51. The number of fused-ring (bicyclic) bond motifs is 2. The van der Waals surface area contributed by atoms with Crippen LogP contribution in [-0.4, -0.2) is 50.3 Å². The number of rotatable bonds is 5. The van der Waals surface area contributed by atoms with Gasteiger partial charge in [-0.15, -0.1) is 0 Å². The molecule has 1 unspecified atom stereocenters. The van der Waals surface area contributed by atoms with E-state index in [9.17, 15) is 9.59 Å². The van der Waals surface area contributed by atoms with Crippen LogP contribution >= 0.6 is 0 Å². The summed E-state index contributed by atoms with van der Waals surface area (Å²) >= 11 is 0. The van der Waals surface area contributed by atoms with E-state index in [1.165, 1.54) is 0 Å². The Balaban J connectivity index is 1.83. The third-order valence-corrected chi connectivity index (χ3v) is 5.79. The van der Waals surface area contributed by atoms with E-state index in [2.05, 4.69) is 5.32 Å². The lowest BCUT2D eigenvalue weighted by Gasteiger charge is -2.44. The van der Waals surface area contributed by atoms with E-state index in [1.807, 2.05) is 44.3 Å². The molecule has 8 nitrogen and oxygen atoms in total. The normalized spacial score (nSPS) is 21.6. The van der Waals surface area contributed by atoms with E-state index in [-0.39, 0.29) is 23.7 Å². The summed E-state index contributed by atoms with van der Waals surface area (Å²) in [5, 5.41) is 3.01. The van der Waals surface area contributed by atoms with E-state index >= 15 is 0 Å². The summed E-state index contributed by atoms with van der Waals surface area (Å²) in [4.78, 5) is 25.5. The molecule has 0 saturated heterocycles. The Morgan fingerprint density at radius 3 is 2.80 bits per heavy atom. The Bertz CT molecular complexity index is 1020. The van der Waals surface area contributed by atoms with Gasteiger partial charge in [-0.05, 0) is 36.2 Å². The second-order valence-electron chi connectivity index (χ2n) is 8.06. The lowest BCUT2D eigenvalue weighted by atomic mass is 9.88. The number of anilines is 1. The van der Waals surface area contributed by atoms with Gasteiger partial charge < -0.3 is 29.7 Å². The molecule has 0 aliphatic carbocycles. The summed E-state index contributed by atoms with van der Waals surface area (Å²) in [5.74, 6) is 0.862. The van der Waals surface area contributed by atoms with Crippen LogP contribution in [0.5, 0.6) is 17.2 Å². The maximum atomic E-state index is 13.6. The van der Waals surface area contributed by atoms with Gasteiger partial charge in [-0.2, -0.15) is 0 Å². The number of nitrogens with one attached hydrogen (secondary N) is 1. The molecule has 2 aliphatic heterocycles. The SMILES string of the molecule is COc1c2c(cc3c1[C@@H](C(=O)Nc1cccc(C)c1)[N+](C)(CC(N)=O)CC3)OCO2. The molecule has 2 aromatic rings. The lowest BCUT2D eigenvalue weighted by Crippen LogP contribution is -2.58. The van der Waals surface area contributed by atoms with Crippen molar-refractivity contribution < 1.29 is 28.3 Å². The minimum atomic E-state index is -0.703. The number of aryl methyl sites for hydroxylation is 1. The molecule has 0 saturated carbocycles. The average molecular weight is 412 g/mol. The molecule has 0 spiro atoms. The van der Waals surface area contributed by atoms with Crippen molar-refractivity contribution in [1.29, 1.82) is 0 Å². The molecular weight excluding hydrogens is 386 g/mol. The second kappa shape index (κ2) is 7.53. The second-order valence-corrected chi connectivity index (χ2v) is 8.06. The Kier molecular flexibility index (Phi) is 5.03. The summed E-state index contributed by atoms with van der Waals surface area (Å²) < 4.78 is 17.0. The van der Waals surface area contributed by atoms with Crippen LogP contribution in [0, 0.1) is 6.92 Å². The van der Waals surface area contributed by atoms with Gasteiger partial charge in [-0.3, -0.25) is 9.59 Å². The Morgan fingerprint density at radius 1 is 1.30 bits per heavy atom. The maximum absolute atomic E-state index is 13.6. The van der Waals surface area contributed by atoms with Crippen LogP contribution in [0.1, 0.15) is 22.7 Å². The number of likely N-dealkylation sites (N-methyl/N-ethyl adjacent to an activating group) is 1. The highest BCUT2D eigenvalue weighted by atomic mass is 16.7. The molecule has 158 valence electrons. The molecule has 0 fully saturated rings. The quantitative estimate of drug-likeness (QED) is 0.731. The Labute approximate surface area is 175 Å². The minimum Gasteiger partial charge on any atom is -0.492 e. The Morgan fingerprint density at radius 2 is 2.10 bits per heavy atom. The van der Waals surface area contributed by atoms with Gasteiger partial charge in [-0.25, -0.2) is 0 Å². The van der Waals surface area contributed by atoms with E-state index < -0.39 is 11.9 Å².